The number of rotatable bonds is 1. The predicted molar refractivity (Wildman–Crippen MR) is 71.6 cm³/mol. The summed E-state index contributed by atoms with van der Waals surface area (Å²) in [5.41, 5.74) is 1.21. The fourth-order valence-corrected chi connectivity index (χ4v) is 3.67. The van der Waals surface area contributed by atoms with E-state index in [2.05, 4.69) is 35.2 Å². The van der Waals surface area contributed by atoms with Crippen molar-refractivity contribution in [3.8, 4) is 11.3 Å². The Morgan fingerprint density at radius 2 is 2.06 bits per heavy atom. The summed E-state index contributed by atoms with van der Waals surface area (Å²) < 4.78 is 6.09. The highest BCUT2D eigenvalue weighted by Crippen LogP contribution is 2.39. The first-order chi connectivity index (χ1) is 8.90. The number of fused-ring (bicyclic) bond motifs is 3. The van der Waals surface area contributed by atoms with Gasteiger partial charge in [0.25, 0.3) is 0 Å². The summed E-state index contributed by atoms with van der Waals surface area (Å²) in [6.07, 6.45) is 5.43. The molecule has 3 unspecified atom stereocenters. The van der Waals surface area contributed by atoms with Crippen molar-refractivity contribution in [1.82, 2.24) is 4.90 Å². The van der Waals surface area contributed by atoms with Gasteiger partial charge in [0.2, 0.25) is 0 Å². The summed E-state index contributed by atoms with van der Waals surface area (Å²) in [6.45, 7) is 2.52. The molecule has 0 saturated carbocycles. The quantitative estimate of drug-likeness (QED) is 0.752. The van der Waals surface area contributed by atoms with Gasteiger partial charge in [-0.05, 0) is 56.3 Å². The van der Waals surface area contributed by atoms with Crippen LogP contribution in [0, 0.1) is 5.92 Å². The molecule has 2 saturated heterocycles. The van der Waals surface area contributed by atoms with Gasteiger partial charge >= 0.3 is 0 Å². The molecule has 0 radical (unpaired) electrons. The fourth-order valence-electron chi connectivity index (χ4n) is 3.67. The third-order valence-corrected chi connectivity index (χ3v) is 4.63. The van der Waals surface area contributed by atoms with Gasteiger partial charge in [0.15, 0.2) is 0 Å². The minimum Gasteiger partial charge on any atom is -0.459 e. The zero-order chi connectivity index (χ0) is 11.9. The molecule has 0 aromatic carbocycles. The van der Waals surface area contributed by atoms with Crippen molar-refractivity contribution in [3.05, 3.63) is 36.1 Å². The van der Waals surface area contributed by atoms with E-state index in [4.69, 9.17) is 4.42 Å². The molecular weight excluding hydrogens is 222 g/mol. The molecule has 0 amide bonds. The molecule has 94 valence electrons. The number of hydrogen-bond donors (Lipinski definition) is 0. The van der Waals surface area contributed by atoms with Gasteiger partial charge in [0.1, 0.15) is 11.5 Å². The van der Waals surface area contributed by atoms with E-state index in [-0.39, 0.29) is 0 Å². The maximum Gasteiger partial charge on any atom is 0.134 e. The second-order valence-corrected chi connectivity index (χ2v) is 5.78. The normalized spacial score (nSPS) is 31.7. The highest BCUT2D eigenvalue weighted by Gasteiger charge is 2.33. The standard InChI is InChI=1S/C16H19NO/c1-4-13-7-9-16(18-15(13)5-1)14-8-6-12-3-2-10-17(14)11-12/h1,4-5,7,9,12,14H,2-3,6,8,10-11H2. The van der Waals surface area contributed by atoms with E-state index in [9.17, 15) is 0 Å². The molecule has 2 fully saturated rings. The van der Waals surface area contributed by atoms with Crippen LogP contribution >= 0.6 is 0 Å². The lowest BCUT2D eigenvalue weighted by atomic mass is 9.85. The van der Waals surface area contributed by atoms with Gasteiger partial charge in [0, 0.05) is 12.1 Å². The predicted octanol–water partition coefficient (Wildman–Crippen LogP) is 3.93. The zero-order valence-electron chi connectivity index (χ0n) is 10.6. The third-order valence-electron chi connectivity index (χ3n) is 4.63. The van der Waals surface area contributed by atoms with Crippen LogP contribution in [0.5, 0.6) is 0 Å². The van der Waals surface area contributed by atoms with E-state index in [1.165, 1.54) is 44.3 Å². The Morgan fingerprint density at radius 1 is 1.06 bits per heavy atom. The second kappa shape index (κ2) is 4.13. The first kappa shape index (κ1) is 10.6. The lowest BCUT2D eigenvalue weighted by molar-refractivity contribution is 0.0554. The van der Waals surface area contributed by atoms with Crippen LogP contribution in [0.2, 0.25) is 0 Å². The maximum absolute atomic E-state index is 6.09. The maximum atomic E-state index is 6.09. The summed E-state index contributed by atoms with van der Waals surface area (Å²) in [5, 5.41) is 0. The molecule has 18 heavy (non-hydrogen) atoms. The second-order valence-electron chi connectivity index (χ2n) is 5.78. The van der Waals surface area contributed by atoms with Crippen molar-refractivity contribution in [2.75, 3.05) is 13.1 Å². The zero-order valence-corrected chi connectivity index (χ0v) is 10.6. The summed E-state index contributed by atoms with van der Waals surface area (Å²) in [7, 11) is 0. The Balaban J connectivity index is 1.67. The summed E-state index contributed by atoms with van der Waals surface area (Å²) >= 11 is 0. The molecule has 3 aliphatic heterocycles. The minimum absolute atomic E-state index is 0.515. The Kier molecular flexibility index (Phi) is 2.44. The highest BCUT2D eigenvalue weighted by atomic mass is 16.3. The molecule has 1 aliphatic carbocycles. The minimum atomic E-state index is 0.515. The highest BCUT2D eigenvalue weighted by molar-refractivity contribution is 5.60. The Morgan fingerprint density at radius 3 is 3.06 bits per heavy atom. The molecule has 3 heterocycles. The van der Waals surface area contributed by atoms with Crippen LogP contribution in [0.1, 0.15) is 37.5 Å². The third kappa shape index (κ3) is 1.67. The van der Waals surface area contributed by atoms with Gasteiger partial charge < -0.3 is 4.42 Å². The first-order valence-electron chi connectivity index (χ1n) is 7.13. The lowest BCUT2D eigenvalue weighted by Crippen LogP contribution is -2.42. The summed E-state index contributed by atoms with van der Waals surface area (Å²) in [5.74, 6) is 3.14. The molecule has 0 spiro atoms. The lowest BCUT2D eigenvalue weighted by Gasteiger charge is -2.42. The van der Waals surface area contributed by atoms with Crippen LogP contribution in [-0.4, -0.2) is 18.0 Å². The van der Waals surface area contributed by atoms with Crippen LogP contribution in [0.15, 0.2) is 34.7 Å². The van der Waals surface area contributed by atoms with E-state index in [1.807, 2.05) is 0 Å². The molecular formula is C16H19NO. The van der Waals surface area contributed by atoms with Gasteiger partial charge in [-0.15, -0.1) is 0 Å². The van der Waals surface area contributed by atoms with Gasteiger partial charge in [-0.1, -0.05) is 12.1 Å². The SMILES string of the molecule is c1cc2ccc(C3CCC4CCCN3C4)oc-2c1. The van der Waals surface area contributed by atoms with Crippen LogP contribution in [0.3, 0.4) is 0 Å². The smallest absolute Gasteiger partial charge is 0.134 e. The largest absolute Gasteiger partial charge is 0.459 e. The van der Waals surface area contributed by atoms with Gasteiger partial charge in [0.05, 0.1) is 6.04 Å². The van der Waals surface area contributed by atoms with E-state index in [1.54, 1.807) is 0 Å². The van der Waals surface area contributed by atoms with Crippen molar-refractivity contribution in [1.29, 1.82) is 0 Å². The Hall–Kier alpha value is -1.28. The van der Waals surface area contributed by atoms with Crippen molar-refractivity contribution in [3.63, 3.8) is 0 Å². The van der Waals surface area contributed by atoms with Crippen molar-refractivity contribution in [2.24, 2.45) is 5.92 Å². The van der Waals surface area contributed by atoms with Crippen molar-refractivity contribution < 1.29 is 4.42 Å². The summed E-state index contributed by atoms with van der Waals surface area (Å²) in [4.78, 5) is 2.63. The van der Waals surface area contributed by atoms with E-state index >= 15 is 0 Å². The van der Waals surface area contributed by atoms with Crippen LogP contribution in [0.4, 0.5) is 0 Å². The molecule has 2 nitrogen and oxygen atoms in total. The molecule has 0 aromatic heterocycles. The van der Waals surface area contributed by atoms with Gasteiger partial charge in [-0.25, -0.2) is 0 Å². The fraction of sp³-hybridized carbons (Fsp3) is 0.500. The Labute approximate surface area is 108 Å². The molecule has 0 aromatic rings. The first-order valence-corrected chi connectivity index (χ1v) is 7.13. The van der Waals surface area contributed by atoms with Crippen molar-refractivity contribution >= 4 is 0 Å². The number of hydrogen-bond acceptors (Lipinski definition) is 2. The van der Waals surface area contributed by atoms with Crippen LogP contribution in [-0.2, 0) is 0 Å². The molecule has 4 rings (SSSR count). The van der Waals surface area contributed by atoms with Crippen LogP contribution < -0.4 is 0 Å². The van der Waals surface area contributed by atoms with E-state index in [0.29, 0.717) is 6.04 Å². The number of nitrogens with zero attached hydrogens (tertiary/aromatic N) is 1. The molecule has 0 N–H and O–H groups in total. The number of piperidine rings is 2. The molecule has 4 aliphatic rings. The Bertz CT molecular complexity index is 518. The summed E-state index contributed by atoms with van der Waals surface area (Å²) in [6, 6.07) is 11.1. The van der Waals surface area contributed by atoms with E-state index in [0.717, 1.165) is 17.4 Å². The van der Waals surface area contributed by atoms with E-state index < -0.39 is 0 Å². The van der Waals surface area contributed by atoms with Gasteiger partial charge in [-0.2, -0.15) is 0 Å². The van der Waals surface area contributed by atoms with Crippen LogP contribution in [0.25, 0.3) is 11.3 Å². The molecule has 3 atom stereocenters. The molecule has 2 heteroatoms. The monoisotopic (exact) mass is 241 g/mol. The van der Waals surface area contributed by atoms with Gasteiger partial charge in [-0.3, -0.25) is 4.90 Å². The molecule has 2 bridgehead atoms. The average molecular weight is 241 g/mol. The van der Waals surface area contributed by atoms with Crippen molar-refractivity contribution in [2.45, 2.75) is 31.7 Å². The average Bonchev–Trinajstić information content (AvgIpc) is 2.86. The topological polar surface area (TPSA) is 16.4 Å².